The van der Waals surface area contributed by atoms with Crippen molar-refractivity contribution >= 4 is 5.97 Å². The van der Waals surface area contributed by atoms with Crippen LogP contribution in [0.25, 0.3) is 0 Å². The van der Waals surface area contributed by atoms with Crippen LogP contribution in [0.1, 0.15) is 35.7 Å². The zero-order chi connectivity index (χ0) is 15.5. The van der Waals surface area contributed by atoms with E-state index in [1.807, 2.05) is 0 Å². The molecule has 0 unspecified atom stereocenters. The smallest absolute Gasteiger partial charge is 0.338 e. The van der Waals surface area contributed by atoms with Crippen LogP contribution in [0.4, 0.5) is 4.39 Å². The lowest BCUT2D eigenvalue weighted by Gasteiger charge is -2.38. The third kappa shape index (κ3) is 4.25. The van der Waals surface area contributed by atoms with Crippen LogP contribution in [0.3, 0.4) is 0 Å². The van der Waals surface area contributed by atoms with Gasteiger partial charge in [-0.1, -0.05) is 13.0 Å². The van der Waals surface area contributed by atoms with Crippen molar-refractivity contribution in [3.8, 4) is 0 Å². The first kappa shape index (κ1) is 15.9. The Bertz CT molecular complexity index is 511. The van der Waals surface area contributed by atoms with Crippen molar-refractivity contribution in [3.63, 3.8) is 0 Å². The van der Waals surface area contributed by atoms with Crippen LogP contribution in [-0.2, 0) is 6.54 Å². The van der Waals surface area contributed by atoms with Crippen molar-refractivity contribution in [3.05, 3.63) is 35.1 Å². The number of aromatic carboxylic acids is 1. The maximum Gasteiger partial charge on any atom is 0.338 e. The minimum Gasteiger partial charge on any atom is -0.478 e. The third-order valence-corrected chi connectivity index (χ3v) is 4.34. The first-order valence-corrected chi connectivity index (χ1v) is 7.31. The topological polar surface area (TPSA) is 52.6 Å². The Morgan fingerprint density at radius 3 is 2.67 bits per heavy atom. The summed E-state index contributed by atoms with van der Waals surface area (Å²) >= 11 is 0. The Labute approximate surface area is 125 Å². The fourth-order valence-corrected chi connectivity index (χ4v) is 2.69. The molecule has 0 aromatic heterocycles. The monoisotopic (exact) mass is 294 g/mol. The van der Waals surface area contributed by atoms with Crippen LogP contribution in [0.2, 0.25) is 0 Å². The van der Waals surface area contributed by atoms with Gasteiger partial charge in [0, 0.05) is 13.1 Å². The van der Waals surface area contributed by atoms with Crippen LogP contribution in [0, 0.1) is 11.2 Å². The molecule has 2 rings (SSSR count). The van der Waals surface area contributed by atoms with Crippen molar-refractivity contribution in [2.75, 3.05) is 26.7 Å². The molecule has 0 saturated carbocycles. The normalized spacial score (nSPS) is 18.6. The number of piperidine rings is 1. The number of carbonyl (C=O) groups is 1. The molecule has 1 aliphatic heterocycles. The molecule has 1 aromatic carbocycles. The summed E-state index contributed by atoms with van der Waals surface area (Å²) in [6.45, 7) is 5.95. The lowest BCUT2D eigenvalue weighted by molar-refractivity contribution is 0.0692. The van der Waals surface area contributed by atoms with Gasteiger partial charge < -0.3 is 15.3 Å². The van der Waals surface area contributed by atoms with Gasteiger partial charge >= 0.3 is 5.97 Å². The van der Waals surface area contributed by atoms with Crippen molar-refractivity contribution in [2.45, 2.75) is 26.3 Å². The number of halogens is 1. The molecule has 0 amide bonds. The summed E-state index contributed by atoms with van der Waals surface area (Å²) in [6.07, 6.45) is 2.31. The van der Waals surface area contributed by atoms with Gasteiger partial charge in [0.1, 0.15) is 5.82 Å². The molecule has 2 N–H and O–H groups in total. The Kier molecular flexibility index (Phi) is 4.96. The van der Waals surface area contributed by atoms with E-state index in [0.717, 1.165) is 38.0 Å². The summed E-state index contributed by atoms with van der Waals surface area (Å²) in [7, 11) is 2.14. The van der Waals surface area contributed by atoms with Gasteiger partial charge in [-0.25, -0.2) is 9.18 Å². The van der Waals surface area contributed by atoms with E-state index in [1.54, 1.807) is 6.07 Å². The lowest BCUT2D eigenvalue weighted by atomic mass is 9.80. The lowest BCUT2D eigenvalue weighted by Crippen LogP contribution is -2.41. The van der Waals surface area contributed by atoms with Crippen LogP contribution < -0.4 is 5.32 Å². The second-order valence-electron chi connectivity index (χ2n) is 6.34. The molecule has 0 atom stereocenters. The van der Waals surface area contributed by atoms with E-state index < -0.39 is 11.8 Å². The second-order valence-corrected chi connectivity index (χ2v) is 6.34. The first-order valence-electron chi connectivity index (χ1n) is 7.31. The van der Waals surface area contributed by atoms with Crippen molar-refractivity contribution in [2.24, 2.45) is 5.41 Å². The van der Waals surface area contributed by atoms with Gasteiger partial charge in [-0.15, -0.1) is 0 Å². The Balaban J connectivity index is 1.86. The largest absolute Gasteiger partial charge is 0.478 e. The molecule has 1 fully saturated rings. The number of hydrogen-bond acceptors (Lipinski definition) is 3. The molecular weight excluding hydrogens is 271 g/mol. The molecule has 1 aliphatic rings. The summed E-state index contributed by atoms with van der Waals surface area (Å²) < 4.78 is 13.6. The molecule has 116 valence electrons. The Morgan fingerprint density at radius 2 is 2.10 bits per heavy atom. The third-order valence-electron chi connectivity index (χ3n) is 4.34. The molecule has 1 saturated heterocycles. The second kappa shape index (κ2) is 6.54. The van der Waals surface area contributed by atoms with Gasteiger partial charge in [0.2, 0.25) is 0 Å². The minimum absolute atomic E-state index is 0.277. The number of nitrogens with zero attached hydrogens (tertiary/aromatic N) is 1. The van der Waals surface area contributed by atoms with Gasteiger partial charge in [0.15, 0.2) is 0 Å². The number of rotatable bonds is 5. The minimum atomic E-state index is -1.23. The van der Waals surface area contributed by atoms with Crippen LogP contribution >= 0.6 is 0 Å². The number of benzene rings is 1. The van der Waals surface area contributed by atoms with Gasteiger partial charge in [-0.2, -0.15) is 0 Å². The van der Waals surface area contributed by atoms with Gasteiger partial charge in [0.25, 0.3) is 0 Å². The van der Waals surface area contributed by atoms with E-state index in [-0.39, 0.29) is 11.0 Å². The number of hydrogen-bond donors (Lipinski definition) is 2. The predicted molar refractivity (Wildman–Crippen MR) is 79.9 cm³/mol. The highest BCUT2D eigenvalue weighted by atomic mass is 19.1. The number of nitrogens with one attached hydrogen (secondary N) is 1. The quantitative estimate of drug-likeness (QED) is 0.875. The molecule has 0 radical (unpaired) electrons. The molecule has 1 aromatic rings. The predicted octanol–water partition coefficient (Wildman–Crippen LogP) is 2.35. The maximum atomic E-state index is 13.6. The fourth-order valence-electron chi connectivity index (χ4n) is 2.69. The van der Waals surface area contributed by atoms with Crippen molar-refractivity contribution in [1.82, 2.24) is 10.2 Å². The number of carboxylic acids is 1. The summed E-state index contributed by atoms with van der Waals surface area (Å²) in [5.74, 6) is -1.90. The molecular formula is C16H23FN2O2. The van der Waals surface area contributed by atoms with Crippen molar-refractivity contribution < 1.29 is 14.3 Å². The number of carboxylic acid groups (broad SMARTS) is 1. The van der Waals surface area contributed by atoms with Gasteiger partial charge in [-0.3, -0.25) is 0 Å². The summed E-state index contributed by atoms with van der Waals surface area (Å²) in [5, 5.41) is 12.2. The molecule has 0 spiro atoms. The van der Waals surface area contributed by atoms with E-state index in [0.29, 0.717) is 6.54 Å². The van der Waals surface area contributed by atoms with Gasteiger partial charge in [-0.05, 0) is 56.1 Å². The average molecular weight is 294 g/mol. The molecule has 5 heteroatoms. The first-order chi connectivity index (χ1) is 9.89. The summed E-state index contributed by atoms with van der Waals surface area (Å²) in [4.78, 5) is 13.1. The highest BCUT2D eigenvalue weighted by Crippen LogP contribution is 2.29. The Morgan fingerprint density at radius 1 is 1.43 bits per heavy atom. The van der Waals surface area contributed by atoms with E-state index in [9.17, 15) is 9.18 Å². The van der Waals surface area contributed by atoms with E-state index in [1.165, 1.54) is 12.1 Å². The SMILES string of the molecule is CN1CCC(C)(CNCc2ccc(C(=O)O)c(F)c2)CC1. The highest BCUT2D eigenvalue weighted by molar-refractivity contribution is 5.87. The highest BCUT2D eigenvalue weighted by Gasteiger charge is 2.28. The maximum absolute atomic E-state index is 13.6. The molecule has 0 aliphatic carbocycles. The van der Waals surface area contributed by atoms with E-state index >= 15 is 0 Å². The summed E-state index contributed by atoms with van der Waals surface area (Å²) in [5.41, 5.74) is 0.779. The van der Waals surface area contributed by atoms with Crippen LogP contribution in [-0.4, -0.2) is 42.7 Å². The molecule has 0 bridgehead atoms. The Hall–Kier alpha value is -1.46. The number of likely N-dealkylation sites (tertiary alicyclic amines) is 1. The van der Waals surface area contributed by atoms with Crippen LogP contribution in [0.15, 0.2) is 18.2 Å². The average Bonchev–Trinajstić information content (AvgIpc) is 2.42. The molecule has 1 heterocycles. The van der Waals surface area contributed by atoms with E-state index in [2.05, 4.69) is 24.2 Å². The van der Waals surface area contributed by atoms with Crippen LogP contribution in [0.5, 0.6) is 0 Å². The standard InChI is InChI=1S/C16H23FN2O2/c1-16(5-7-19(2)8-6-16)11-18-10-12-3-4-13(15(20)21)14(17)9-12/h3-4,9,18H,5-8,10-11H2,1-2H3,(H,20,21). The zero-order valence-corrected chi connectivity index (χ0v) is 12.7. The fraction of sp³-hybridized carbons (Fsp3) is 0.562. The van der Waals surface area contributed by atoms with Gasteiger partial charge in [0.05, 0.1) is 5.56 Å². The molecule has 4 nitrogen and oxygen atoms in total. The zero-order valence-electron chi connectivity index (χ0n) is 12.7. The summed E-state index contributed by atoms with van der Waals surface area (Å²) in [6, 6.07) is 4.29. The van der Waals surface area contributed by atoms with E-state index in [4.69, 9.17) is 5.11 Å². The van der Waals surface area contributed by atoms with Crippen molar-refractivity contribution in [1.29, 1.82) is 0 Å². The molecule has 21 heavy (non-hydrogen) atoms.